The van der Waals surface area contributed by atoms with Crippen molar-refractivity contribution in [3.63, 3.8) is 0 Å². The molecule has 0 atom stereocenters. The zero-order chi connectivity index (χ0) is 14.0. The van der Waals surface area contributed by atoms with Crippen LogP contribution in [0.15, 0.2) is 23.1 Å². The van der Waals surface area contributed by atoms with Gasteiger partial charge in [-0.25, -0.2) is 12.8 Å². The molecule has 4 nitrogen and oxygen atoms in total. The normalized spacial score (nSPS) is 18.7. The summed E-state index contributed by atoms with van der Waals surface area (Å²) in [5.74, 6) is -0.245. The summed E-state index contributed by atoms with van der Waals surface area (Å²) in [7, 11) is -3.59. The summed E-state index contributed by atoms with van der Waals surface area (Å²) in [6, 6.07) is 3.47. The molecular weight excluding hydrogens is 291 g/mol. The lowest BCUT2D eigenvalue weighted by molar-refractivity contribution is 0.278. The van der Waals surface area contributed by atoms with Gasteiger partial charge in [0.15, 0.2) is 0 Å². The van der Waals surface area contributed by atoms with Crippen molar-refractivity contribution in [1.29, 1.82) is 0 Å². The fourth-order valence-electron chi connectivity index (χ4n) is 2.17. The molecule has 0 aliphatic carbocycles. The van der Waals surface area contributed by atoms with E-state index in [1.165, 1.54) is 10.4 Å². The molecule has 0 amide bonds. The summed E-state index contributed by atoms with van der Waals surface area (Å²) in [6.07, 6.45) is 1.51. The summed E-state index contributed by atoms with van der Waals surface area (Å²) in [5.41, 5.74) is 5.58. The first kappa shape index (κ1) is 14.7. The van der Waals surface area contributed by atoms with Crippen molar-refractivity contribution in [2.75, 3.05) is 19.6 Å². The van der Waals surface area contributed by atoms with E-state index in [4.69, 9.17) is 17.3 Å². The number of piperidine rings is 1. The Bertz CT molecular complexity index is 557. The minimum Gasteiger partial charge on any atom is -0.330 e. The van der Waals surface area contributed by atoms with Gasteiger partial charge in [0.25, 0.3) is 0 Å². The summed E-state index contributed by atoms with van der Waals surface area (Å²) >= 11 is 5.63. The fraction of sp³-hybridized carbons (Fsp3) is 0.500. The van der Waals surface area contributed by atoms with Crippen LogP contribution in [0.1, 0.15) is 12.8 Å². The number of sulfonamides is 1. The summed E-state index contributed by atoms with van der Waals surface area (Å²) < 4.78 is 39.2. The molecule has 1 aromatic carbocycles. The second-order valence-corrected chi connectivity index (χ2v) is 7.00. The molecular formula is C12H16ClFN2O2S. The predicted molar refractivity (Wildman–Crippen MR) is 71.9 cm³/mol. The number of rotatable bonds is 3. The van der Waals surface area contributed by atoms with Gasteiger partial charge in [-0.2, -0.15) is 4.31 Å². The third kappa shape index (κ3) is 3.08. The van der Waals surface area contributed by atoms with Crippen LogP contribution in [0.3, 0.4) is 0 Å². The van der Waals surface area contributed by atoms with Gasteiger partial charge in [0.05, 0.1) is 9.92 Å². The van der Waals surface area contributed by atoms with E-state index in [9.17, 15) is 12.8 Å². The minimum atomic E-state index is -3.59. The number of hydrogen-bond donors (Lipinski definition) is 1. The van der Waals surface area contributed by atoms with E-state index in [1.54, 1.807) is 0 Å². The monoisotopic (exact) mass is 306 g/mol. The molecule has 0 radical (unpaired) electrons. The molecule has 106 valence electrons. The van der Waals surface area contributed by atoms with Crippen molar-refractivity contribution in [3.8, 4) is 0 Å². The van der Waals surface area contributed by atoms with E-state index in [0.29, 0.717) is 25.6 Å². The van der Waals surface area contributed by atoms with E-state index in [-0.39, 0.29) is 9.92 Å². The SMILES string of the molecule is NCC1CCN(S(=O)(=O)c2ccc(F)c(Cl)c2)CC1. The molecule has 0 aromatic heterocycles. The van der Waals surface area contributed by atoms with Crippen molar-refractivity contribution >= 4 is 21.6 Å². The van der Waals surface area contributed by atoms with Gasteiger partial charge in [0.1, 0.15) is 5.82 Å². The van der Waals surface area contributed by atoms with Crippen LogP contribution in [0.25, 0.3) is 0 Å². The van der Waals surface area contributed by atoms with Gasteiger partial charge < -0.3 is 5.73 Å². The van der Waals surface area contributed by atoms with E-state index < -0.39 is 15.8 Å². The van der Waals surface area contributed by atoms with Gasteiger partial charge in [-0.1, -0.05) is 11.6 Å². The highest BCUT2D eigenvalue weighted by molar-refractivity contribution is 7.89. The Kier molecular flexibility index (Phi) is 4.45. The maximum Gasteiger partial charge on any atom is 0.243 e. The molecule has 0 bridgehead atoms. The van der Waals surface area contributed by atoms with Gasteiger partial charge in [-0.15, -0.1) is 0 Å². The fourth-order valence-corrected chi connectivity index (χ4v) is 3.91. The first-order chi connectivity index (χ1) is 8.95. The molecule has 1 fully saturated rings. The van der Waals surface area contributed by atoms with E-state index in [1.807, 2.05) is 0 Å². The lowest BCUT2D eigenvalue weighted by atomic mass is 9.99. The lowest BCUT2D eigenvalue weighted by Gasteiger charge is -2.30. The molecule has 0 spiro atoms. The molecule has 0 saturated carbocycles. The van der Waals surface area contributed by atoms with Crippen molar-refractivity contribution in [2.45, 2.75) is 17.7 Å². The average Bonchev–Trinajstić information content (AvgIpc) is 2.41. The number of hydrogen-bond acceptors (Lipinski definition) is 3. The first-order valence-corrected chi connectivity index (χ1v) is 7.92. The van der Waals surface area contributed by atoms with Gasteiger partial charge >= 0.3 is 0 Å². The van der Waals surface area contributed by atoms with Gasteiger partial charge in [-0.05, 0) is 43.5 Å². The third-order valence-electron chi connectivity index (χ3n) is 3.44. The Labute approximate surface area is 117 Å². The highest BCUT2D eigenvalue weighted by atomic mass is 35.5. The van der Waals surface area contributed by atoms with Crippen molar-refractivity contribution in [3.05, 3.63) is 29.0 Å². The van der Waals surface area contributed by atoms with Crippen molar-refractivity contribution < 1.29 is 12.8 Å². The van der Waals surface area contributed by atoms with E-state index in [2.05, 4.69) is 0 Å². The second-order valence-electron chi connectivity index (χ2n) is 4.66. The Morgan fingerprint density at radius 1 is 1.37 bits per heavy atom. The molecule has 2 N–H and O–H groups in total. The summed E-state index contributed by atoms with van der Waals surface area (Å²) in [4.78, 5) is 0.0325. The van der Waals surface area contributed by atoms with Crippen molar-refractivity contribution in [1.82, 2.24) is 4.31 Å². The van der Waals surface area contributed by atoms with Crippen LogP contribution in [0.4, 0.5) is 4.39 Å². The number of nitrogens with zero attached hydrogens (tertiary/aromatic N) is 1. The maximum atomic E-state index is 13.1. The molecule has 1 aromatic rings. The first-order valence-electron chi connectivity index (χ1n) is 6.10. The zero-order valence-electron chi connectivity index (χ0n) is 10.4. The molecule has 7 heteroatoms. The van der Waals surface area contributed by atoms with Crippen LogP contribution in [0.2, 0.25) is 5.02 Å². The highest BCUT2D eigenvalue weighted by Crippen LogP contribution is 2.25. The molecule has 0 unspecified atom stereocenters. The third-order valence-corrected chi connectivity index (χ3v) is 5.62. The minimum absolute atomic E-state index is 0.0325. The predicted octanol–water partition coefficient (Wildman–Crippen LogP) is 1.84. The van der Waals surface area contributed by atoms with Gasteiger partial charge in [-0.3, -0.25) is 0 Å². The van der Waals surface area contributed by atoms with Crippen LogP contribution in [0, 0.1) is 11.7 Å². The molecule has 1 heterocycles. The number of halogens is 2. The second kappa shape index (κ2) is 5.75. The molecule has 1 aliphatic rings. The Hall–Kier alpha value is -0.690. The van der Waals surface area contributed by atoms with Crippen LogP contribution >= 0.6 is 11.6 Å². The van der Waals surface area contributed by atoms with Crippen LogP contribution in [-0.2, 0) is 10.0 Å². The number of benzene rings is 1. The largest absolute Gasteiger partial charge is 0.330 e. The Balaban J connectivity index is 2.21. The Morgan fingerprint density at radius 2 is 2.00 bits per heavy atom. The zero-order valence-corrected chi connectivity index (χ0v) is 11.9. The summed E-state index contributed by atoms with van der Waals surface area (Å²) in [5, 5.41) is -0.182. The maximum absolute atomic E-state index is 13.1. The van der Waals surface area contributed by atoms with Gasteiger partial charge in [0, 0.05) is 13.1 Å². The smallest absolute Gasteiger partial charge is 0.243 e. The molecule has 1 saturated heterocycles. The quantitative estimate of drug-likeness (QED) is 0.927. The van der Waals surface area contributed by atoms with E-state index in [0.717, 1.165) is 25.0 Å². The van der Waals surface area contributed by atoms with Gasteiger partial charge in [0.2, 0.25) is 10.0 Å². The lowest BCUT2D eigenvalue weighted by Crippen LogP contribution is -2.40. The topological polar surface area (TPSA) is 63.4 Å². The summed E-state index contributed by atoms with van der Waals surface area (Å²) in [6.45, 7) is 1.47. The molecule has 2 rings (SSSR count). The average molecular weight is 307 g/mol. The highest BCUT2D eigenvalue weighted by Gasteiger charge is 2.29. The van der Waals surface area contributed by atoms with Crippen LogP contribution < -0.4 is 5.73 Å². The number of nitrogens with two attached hydrogens (primary N) is 1. The van der Waals surface area contributed by atoms with Crippen LogP contribution in [-0.4, -0.2) is 32.4 Å². The molecule has 1 aliphatic heterocycles. The standard InChI is InChI=1S/C12H16ClFN2O2S/c13-11-7-10(1-2-12(11)14)19(17,18)16-5-3-9(8-15)4-6-16/h1-2,7,9H,3-6,8,15H2. The van der Waals surface area contributed by atoms with E-state index >= 15 is 0 Å². The van der Waals surface area contributed by atoms with Crippen molar-refractivity contribution in [2.24, 2.45) is 11.7 Å². The molecule has 19 heavy (non-hydrogen) atoms. The Morgan fingerprint density at radius 3 is 2.53 bits per heavy atom. The van der Waals surface area contributed by atoms with Crippen LogP contribution in [0.5, 0.6) is 0 Å².